The molecule has 1 atom stereocenters. The molecule has 0 saturated carbocycles. The van der Waals surface area contributed by atoms with Gasteiger partial charge in [-0.3, -0.25) is 14.1 Å². The van der Waals surface area contributed by atoms with E-state index in [2.05, 4.69) is 4.84 Å². The molecule has 2 amide bonds. The first kappa shape index (κ1) is 18.9. The number of nitrogen functional groups attached to an aromatic ring is 1. The molecule has 1 heterocycles. The van der Waals surface area contributed by atoms with Crippen molar-refractivity contribution in [2.75, 3.05) is 5.73 Å². The smallest absolute Gasteiger partial charge is 0.359 e. The van der Waals surface area contributed by atoms with E-state index >= 15 is 0 Å². The van der Waals surface area contributed by atoms with E-state index in [0.717, 1.165) is 0 Å². The van der Waals surface area contributed by atoms with Gasteiger partial charge in [-0.05, 0) is 36.8 Å². The highest BCUT2D eigenvalue weighted by molar-refractivity contribution is 7.87. The number of benzene rings is 1. The summed E-state index contributed by atoms with van der Waals surface area (Å²) in [5.74, 6) is -3.47. The number of rotatable bonds is 4. The summed E-state index contributed by atoms with van der Waals surface area (Å²) in [7, 11) is -4.78. The van der Waals surface area contributed by atoms with Gasteiger partial charge in [-0.25, -0.2) is 4.79 Å². The predicted molar refractivity (Wildman–Crippen MR) is 87.4 cm³/mol. The maximum absolute atomic E-state index is 12.0. The summed E-state index contributed by atoms with van der Waals surface area (Å²) in [4.78, 5) is 40.1. The van der Waals surface area contributed by atoms with Gasteiger partial charge in [-0.1, -0.05) is 11.6 Å². The number of nitrogens with zero attached hydrogens (tertiary/aromatic N) is 1. The third-order valence-corrected chi connectivity index (χ3v) is 4.66. The molecule has 1 unspecified atom stereocenters. The van der Waals surface area contributed by atoms with Crippen LogP contribution in [0.2, 0.25) is 5.02 Å². The maximum atomic E-state index is 12.0. The minimum absolute atomic E-state index is 0.0233. The standard InChI is InChI=1S/C14H13ClN2O7S/c1-7(4-8-5-9(15)2-3-10(8)16)14(20)24-17-12(18)6-11(13(17)19)25(21,22)23/h2-5,11H,6,16H2,1H3,(H,21,22,23)/b7-4+. The van der Waals surface area contributed by atoms with Gasteiger partial charge in [0.2, 0.25) is 0 Å². The number of imide groups is 1. The third-order valence-electron chi connectivity index (χ3n) is 3.34. The summed E-state index contributed by atoms with van der Waals surface area (Å²) < 4.78 is 31.0. The van der Waals surface area contributed by atoms with E-state index in [-0.39, 0.29) is 10.6 Å². The zero-order chi connectivity index (χ0) is 18.9. The molecule has 1 aromatic carbocycles. The fourth-order valence-electron chi connectivity index (χ4n) is 2.03. The van der Waals surface area contributed by atoms with Gasteiger partial charge in [0.1, 0.15) is 0 Å². The molecule has 0 spiro atoms. The molecule has 9 nitrogen and oxygen atoms in total. The number of amides is 2. The van der Waals surface area contributed by atoms with Gasteiger partial charge >= 0.3 is 5.97 Å². The number of halogens is 1. The number of hydroxylamine groups is 2. The Kier molecular flexibility index (Phi) is 5.16. The topological polar surface area (TPSA) is 144 Å². The SMILES string of the molecule is C/C(=C\c1cc(Cl)ccc1N)C(=O)ON1C(=O)CC(S(=O)(=O)O)C1=O. The van der Waals surface area contributed by atoms with Crippen molar-refractivity contribution in [2.24, 2.45) is 0 Å². The molecule has 1 fully saturated rings. The van der Waals surface area contributed by atoms with Crippen molar-refractivity contribution in [2.45, 2.75) is 18.6 Å². The fraction of sp³-hybridized carbons (Fsp3) is 0.214. The molecular formula is C14H13ClN2O7S. The average Bonchev–Trinajstić information content (AvgIpc) is 2.79. The van der Waals surface area contributed by atoms with E-state index in [4.69, 9.17) is 21.9 Å². The first-order chi connectivity index (χ1) is 11.5. The van der Waals surface area contributed by atoms with Crippen LogP contribution in [0.25, 0.3) is 6.08 Å². The lowest BCUT2D eigenvalue weighted by atomic mass is 10.1. The molecule has 3 N–H and O–H groups in total. The highest BCUT2D eigenvalue weighted by Gasteiger charge is 2.48. The third kappa shape index (κ3) is 4.16. The van der Waals surface area contributed by atoms with Crippen molar-refractivity contribution in [3.63, 3.8) is 0 Å². The minimum atomic E-state index is -4.78. The summed E-state index contributed by atoms with van der Waals surface area (Å²) in [6.45, 7) is 1.34. The Hall–Kier alpha value is -2.43. The second kappa shape index (κ2) is 6.82. The number of hydrogen-bond acceptors (Lipinski definition) is 7. The molecule has 2 rings (SSSR count). The van der Waals surface area contributed by atoms with Crippen molar-refractivity contribution in [3.05, 3.63) is 34.4 Å². The van der Waals surface area contributed by atoms with Crippen LogP contribution in [-0.2, 0) is 29.3 Å². The number of carbonyl (C=O) groups excluding carboxylic acids is 3. The second-order valence-electron chi connectivity index (χ2n) is 5.21. The summed E-state index contributed by atoms with van der Waals surface area (Å²) in [6, 6.07) is 4.57. The monoisotopic (exact) mass is 388 g/mol. The summed E-state index contributed by atoms with van der Waals surface area (Å²) in [6.07, 6.45) is 0.518. The first-order valence-electron chi connectivity index (χ1n) is 6.79. The van der Waals surface area contributed by atoms with Crippen molar-refractivity contribution in [1.82, 2.24) is 5.06 Å². The Morgan fingerprint density at radius 2 is 2.08 bits per heavy atom. The number of carbonyl (C=O) groups is 3. The van der Waals surface area contributed by atoms with Gasteiger partial charge in [-0.15, -0.1) is 5.06 Å². The lowest BCUT2D eigenvalue weighted by Gasteiger charge is -2.13. The van der Waals surface area contributed by atoms with Gasteiger partial charge in [0.15, 0.2) is 5.25 Å². The van der Waals surface area contributed by atoms with Crippen molar-refractivity contribution >= 4 is 51.3 Å². The average molecular weight is 389 g/mol. The van der Waals surface area contributed by atoms with Crippen LogP contribution in [0, 0.1) is 0 Å². The van der Waals surface area contributed by atoms with Gasteiger partial charge in [0, 0.05) is 16.3 Å². The Balaban J connectivity index is 2.19. The Morgan fingerprint density at radius 1 is 1.44 bits per heavy atom. The van der Waals surface area contributed by atoms with Crippen LogP contribution in [0.15, 0.2) is 23.8 Å². The predicted octanol–water partition coefficient (Wildman–Crippen LogP) is 0.799. The second-order valence-corrected chi connectivity index (χ2v) is 7.25. The summed E-state index contributed by atoms with van der Waals surface area (Å²) in [5, 5.41) is -1.58. The van der Waals surface area contributed by atoms with E-state index in [1.165, 1.54) is 25.1 Å². The molecule has 0 bridgehead atoms. The van der Waals surface area contributed by atoms with Crippen molar-refractivity contribution in [1.29, 1.82) is 0 Å². The molecule has 1 aromatic rings. The molecule has 1 aliphatic heterocycles. The lowest BCUT2D eigenvalue weighted by molar-refractivity contribution is -0.194. The van der Waals surface area contributed by atoms with Crippen LogP contribution in [0.3, 0.4) is 0 Å². The number of nitrogens with two attached hydrogens (primary N) is 1. The van der Waals surface area contributed by atoms with E-state index in [1.54, 1.807) is 6.07 Å². The van der Waals surface area contributed by atoms with Crippen molar-refractivity contribution < 1.29 is 32.2 Å². The zero-order valence-electron chi connectivity index (χ0n) is 12.8. The van der Waals surface area contributed by atoms with Gasteiger partial charge in [-0.2, -0.15) is 8.42 Å². The van der Waals surface area contributed by atoms with E-state index in [0.29, 0.717) is 16.3 Å². The first-order valence-corrected chi connectivity index (χ1v) is 8.67. The molecule has 0 radical (unpaired) electrons. The Bertz CT molecular complexity index is 894. The Morgan fingerprint density at radius 3 is 2.64 bits per heavy atom. The van der Waals surface area contributed by atoms with Gasteiger partial charge < -0.3 is 10.6 Å². The molecule has 0 aromatic heterocycles. The largest absolute Gasteiger partial charge is 0.398 e. The van der Waals surface area contributed by atoms with Gasteiger partial charge in [0.25, 0.3) is 21.9 Å². The maximum Gasteiger partial charge on any atom is 0.359 e. The van der Waals surface area contributed by atoms with Crippen LogP contribution < -0.4 is 5.73 Å². The van der Waals surface area contributed by atoms with Crippen molar-refractivity contribution in [3.8, 4) is 0 Å². The number of anilines is 1. The van der Waals surface area contributed by atoms with Crippen LogP contribution >= 0.6 is 11.6 Å². The molecule has 25 heavy (non-hydrogen) atoms. The highest BCUT2D eigenvalue weighted by atomic mass is 35.5. The van der Waals surface area contributed by atoms with Crippen LogP contribution in [0.1, 0.15) is 18.9 Å². The number of hydrogen-bond donors (Lipinski definition) is 2. The minimum Gasteiger partial charge on any atom is -0.398 e. The quantitative estimate of drug-likeness (QED) is 0.333. The van der Waals surface area contributed by atoms with Gasteiger partial charge in [0.05, 0.1) is 6.42 Å². The Labute approximate surface area is 147 Å². The molecule has 1 aliphatic rings. The summed E-state index contributed by atoms with van der Waals surface area (Å²) in [5.41, 5.74) is 6.46. The van der Waals surface area contributed by atoms with Crippen LogP contribution in [0.4, 0.5) is 5.69 Å². The van der Waals surface area contributed by atoms with E-state index in [1.807, 2.05) is 0 Å². The fourth-order valence-corrected chi connectivity index (χ4v) is 2.91. The van der Waals surface area contributed by atoms with Crippen LogP contribution in [-0.4, -0.2) is 41.1 Å². The molecule has 0 aliphatic carbocycles. The molecular weight excluding hydrogens is 376 g/mol. The normalized spacial score (nSPS) is 18.6. The van der Waals surface area contributed by atoms with E-state index < -0.39 is 39.6 Å². The molecule has 134 valence electrons. The lowest BCUT2D eigenvalue weighted by Crippen LogP contribution is -2.36. The zero-order valence-corrected chi connectivity index (χ0v) is 14.4. The molecule has 1 saturated heterocycles. The highest BCUT2D eigenvalue weighted by Crippen LogP contribution is 2.23. The molecule has 11 heteroatoms. The van der Waals surface area contributed by atoms with E-state index in [9.17, 15) is 22.8 Å². The van der Waals surface area contributed by atoms with Crippen LogP contribution in [0.5, 0.6) is 0 Å². The summed E-state index contributed by atoms with van der Waals surface area (Å²) >= 11 is 5.84.